The van der Waals surface area contributed by atoms with Crippen LogP contribution in [-0.4, -0.2) is 16.1 Å². The van der Waals surface area contributed by atoms with Crippen LogP contribution in [0.1, 0.15) is 29.4 Å². The Labute approximate surface area is 150 Å². The summed E-state index contributed by atoms with van der Waals surface area (Å²) >= 11 is 6.11. The number of carbonyl (C=O) groups excluding carboxylic acids is 1. The Bertz CT molecular complexity index is 890. The third-order valence-electron chi connectivity index (χ3n) is 3.82. The van der Waals surface area contributed by atoms with Crippen LogP contribution in [0.5, 0.6) is 0 Å². The van der Waals surface area contributed by atoms with E-state index in [-0.39, 0.29) is 11.7 Å². The van der Waals surface area contributed by atoms with Crippen LogP contribution in [0.4, 0.5) is 10.1 Å². The molecular weight excluding hydrogens is 341 g/mol. The van der Waals surface area contributed by atoms with E-state index in [0.29, 0.717) is 22.0 Å². The number of rotatable bonds is 5. The molecule has 0 saturated heterocycles. The van der Waals surface area contributed by atoms with Crippen LogP contribution in [0.3, 0.4) is 0 Å². The maximum atomic E-state index is 13.2. The van der Waals surface area contributed by atoms with E-state index in [0.717, 1.165) is 24.1 Å². The zero-order valence-corrected chi connectivity index (χ0v) is 14.4. The van der Waals surface area contributed by atoms with Crippen LogP contribution in [0, 0.1) is 5.82 Å². The number of nitrogens with one attached hydrogen (secondary N) is 2. The number of anilines is 1. The molecule has 0 saturated carbocycles. The Morgan fingerprint density at radius 2 is 1.92 bits per heavy atom. The number of benzene rings is 2. The number of amides is 1. The molecule has 1 amide bonds. The SMILES string of the molecule is CCCc1[nH]nc(-c2ccc(F)cc2)c1NC(=O)c1ccccc1Cl. The van der Waals surface area contributed by atoms with Gasteiger partial charge in [-0.15, -0.1) is 0 Å². The summed E-state index contributed by atoms with van der Waals surface area (Å²) in [6.07, 6.45) is 1.62. The highest BCUT2D eigenvalue weighted by Gasteiger charge is 2.19. The molecule has 0 radical (unpaired) electrons. The zero-order chi connectivity index (χ0) is 17.8. The van der Waals surface area contributed by atoms with Gasteiger partial charge < -0.3 is 5.32 Å². The molecule has 0 aliphatic carbocycles. The highest BCUT2D eigenvalue weighted by molar-refractivity contribution is 6.34. The third-order valence-corrected chi connectivity index (χ3v) is 4.15. The molecule has 0 aliphatic rings. The Kier molecular flexibility index (Phi) is 5.14. The van der Waals surface area contributed by atoms with Gasteiger partial charge in [0.05, 0.1) is 22.0 Å². The average Bonchev–Trinajstić information content (AvgIpc) is 2.99. The van der Waals surface area contributed by atoms with Crippen molar-refractivity contribution in [1.82, 2.24) is 10.2 Å². The number of aryl methyl sites for hydroxylation is 1. The second-order valence-electron chi connectivity index (χ2n) is 5.62. The van der Waals surface area contributed by atoms with E-state index in [4.69, 9.17) is 11.6 Å². The van der Waals surface area contributed by atoms with Gasteiger partial charge in [0.2, 0.25) is 0 Å². The first-order chi connectivity index (χ1) is 12.1. The molecule has 3 rings (SSSR count). The molecular formula is C19H17ClFN3O. The van der Waals surface area contributed by atoms with Crippen molar-refractivity contribution >= 4 is 23.2 Å². The molecule has 1 aromatic heterocycles. The standard InChI is InChI=1S/C19H17ClFN3O/c1-2-5-16-18(22-19(25)14-6-3-4-7-15(14)20)17(24-23-16)12-8-10-13(21)11-9-12/h3-4,6-11H,2,5H2,1H3,(H,22,25)(H,23,24). The quantitative estimate of drug-likeness (QED) is 0.669. The molecule has 0 fully saturated rings. The van der Waals surface area contributed by atoms with Gasteiger partial charge in [-0.2, -0.15) is 5.10 Å². The molecule has 1 heterocycles. The van der Waals surface area contributed by atoms with Crippen LogP contribution in [-0.2, 0) is 6.42 Å². The molecule has 6 heteroatoms. The molecule has 128 valence electrons. The summed E-state index contributed by atoms with van der Waals surface area (Å²) in [4.78, 5) is 12.6. The van der Waals surface area contributed by atoms with Crippen molar-refractivity contribution in [1.29, 1.82) is 0 Å². The number of hydrogen-bond donors (Lipinski definition) is 2. The van der Waals surface area contributed by atoms with Crippen molar-refractivity contribution < 1.29 is 9.18 Å². The lowest BCUT2D eigenvalue weighted by atomic mass is 10.1. The summed E-state index contributed by atoms with van der Waals surface area (Å²) in [5.74, 6) is -0.637. The van der Waals surface area contributed by atoms with E-state index >= 15 is 0 Å². The minimum Gasteiger partial charge on any atom is -0.318 e. The fourth-order valence-electron chi connectivity index (χ4n) is 2.59. The van der Waals surface area contributed by atoms with Crippen molar-refractivity contribution in [3.05, 3.63) is 70.6 Å². The lowest BCUT2D eigenvalue weighted by molar-refractivity contribution is 0.102. The van der Waals surface area contributed by atoms with Crippen molar-refractivity contribution in [2.75, 3.05) is 5.32 Å². The first-order valence-corrected chi connectivity index (χ1v) is 8.37. The summed E-state index contributed by atoms with van der Waals surface area (Å²) in [7, 11) is 0. The van der Waals surface area contributed by atoms with Gasteiger partial charge in [-0.25, -0.2) is 4.39 Å². The second kappa shape index (κ2) is 7.49. The lowest BCUT2D eigenvalue weighted by Crippen LogP contribution is -2.14. The van der Waals surface area contributed by atoms with Crippen LogP contribution < -0.4 is 5.32 Å². The molecule has 0 atom stereocenters. The fraction of sp³-hybridized carbons (Fsp3) is 0.158. The zero-order valence-electron chi connectivity index (χ0n) is 13.6. The van der Waals surface area contributed by atoms with E-state index in [1.54, 1.807) is 36.4 Å². The first kappa shape index (κ1) is 17.2. The summed E-state index contributed by atoms with van der Waals surface area (Å²) < 4.78 is 13.2. The third kappa shape index (κ3) is 3.72. The molecule has 3 aromatic rings. The molecule has 4 nitrogen and oxygen atoms in total. The van der Waals surface area contributed by atoms with E-state index in [1.807, 2.05) is 6.92 Å². The van der Waals surface area contributed by atoms with Gasteiger partial charge in [0.15, 0.2) is 0 Å². The highest BCUT2D eigenvalue weighted by Crippen LogP contribution is 2.30. The van der Waals surface area contributed by atoms with E-state index in [2.05, 4.69) is 15.5 Å². The second-order valence-corrected chi connectivity index (χ2v) is 6.02. The largest absolute Gasteiger partial charge is 0.318 e. The number of H-pyrrole nitrogens is 1. The van der Waals surface area contributed by atoms with Crippen LogP contribution in [0.25, 0.3) is 11.3 Å². The van der Waals surface area contributed by atoms with Gasteiger partial charge in [0, 0.05) is 5.56 Å². The summed E-state index contributed by atoms with van der Waals surface area (Å²) in [5, 5.41) is 10.6. The molecule has 0 unspecified atom stereocenters. The molecule has 0 bridgehead atoms. The van der Waals surface area contributed by atoms with E-state index in [1.165, 1.54) is 12.1 Å². The lowest BCUT2D eigenvalue weighted by Gasteiger charge is -2.09. The van der Waals surface area contributed by atoms with Crippen molar-refractivity contribution in [3.63, 3.8) is 0 Å². The molecule has 0 spiro atoms. The van der Waals surface area contributed by atoms with E-state index in [9.17, 15) is 9.18 Å². The van der Waals surface area contributed by atoms with Crippen LogP contribution in [0.2, 0.25) is 5.02 Å². The maximum absolute atomic E-state index is 13.2. The number of aromatic nitrogens is 2. The minimum atomic E-state index is -0.324. The number of nitrogens with zero attached hydrogens (tertiary/aromatic N) is 1. The van der Waals surface area contributed by atoms with Gasteiger partial charge in [0.1, 0.15) is 11.5 Å². The number of hydrogen-bond acceptors (Lipinski definition) is 2. The Hall–Kier alpha value is -2.66. The Balaban J connectivity index is 1.98. The minimum absolute atomic E-state index is 0.312. The molecule has 2 N–H and O–H groups in total. The summed E-state index contributed by atoms with van der Waals surface area (Å²) in [6, 6.07) is 12.8. The van der Waals surface area contributed by atoms with Gasteiger partial charge in [-0.05, 0) is 42.8 Å². The summed E-state index contributed by atoms with van der Waals surface area (Å²) in [5.41, 5.74) is 3.09. The number of carbonyl (C=O) groups is 1. The van der Waals surface area contributed by atoms with Gasteiger partial charge >= 0.3 is 0 Å². The normalized spacial score (nSPS) is 10.7. The van der Waals surface area contributed by atoms with Gasteiger partial charge in [-0.3, -0.25) is 9.89 Å². The predicted molar refractivity (Wildman–Crippen MR) is 97.4 cm³/mol. The van der Waals surface area contributed by atoms with Gasteiger partial charge in [-0.1, -0.05) is 37.1 Å². The van der Waals surface area contributed by atoms with Gasteiger partial charge in [0.25, 0.3) is 5.91 Å². The average molecular weight is 358 g/mol. The predicted octanol–water partition coefficient (Wildman–Crippen LogP) is 5.07. The maximum Gasteiger partial charge on any atom is 0.257 e. The molecule has 25 heavy (non-hydrogen) atoms. The van der Waals surface area contributed by atoms with Crippen LogP contribution in [0.15, 0.2) is 48.5 Å². The monoisotopic (exact) mass is 357 g/mol. The highest BCUT2D eigenvalue weighted by atomic mass is 35.5. The molecule has 2 aromatic carbocycles. The fourth-order valence-corrected chi connectivity index (χ4v) is 2.81. The van der Waals surface area contributed by atoms with Crippen molar-refractivity contribution in [2.24, 2.45) is 0 Å². The Morgan fingerprint density at radius 3 is 2.60 bits per heavy atom. The van der Waals surface area contributed by atoms with Crippen LogP contribution >= 0.6 is 11.6 Å². The molecule has 0 aliphatic heterocycles. The summed E-state index contributed by atoms with van der Waals surface area (Å²) in [6.45, 7) is 2.04. The smallest absolute Gasteiger partial charge is 0.257 e. The van der Waals surface area contributed by atoms with Crippen molar-refractivity contribution in [2.45, 2.75) is 19.8 Å². The topological polar surface area (TPSA) is 57.8 Å². The first-order valence-electron chi connectivity index (χ1n) is 7.99. The number of halogens is 2. The van der Waals surface area contributed by atoms with E-state index < -0.39 is 0 Å². The Morgan fingerprint density at radius 1 is 1.20 bits per heavy atom. The number of aromatic amines is 1. The van der Waals surface area contributed by atoms with Crippen molar-refractivity contribution in [3.8, 4) is 11.3 Å².